The van der Waals surface area contributed by atoms with E-state index in [2.05, 4.69) is 20.5 Å². The van der Waals surface area contributed by atoms with Crippen LogP contribution in [0.1, 0.15) is 12.5 Å². The zero-order chi connectivity index (χ0) is 17.8. The van der Waals surface area contributed by atoms with Gasteiger partial charge in [-0.1, -0.05) is 53.7 Å². The molecule has 2 N–H and O–H groups in total. The van der Waals surface area contributed by atoms with Gasteiger partial charge < -0.3 is 5.32 Å². The number of hydrogen-bond donors (Lipinski definition) is 2. The third-order valence-corrected chi connectivity index (χ3v) is 4.53. The maximum atomic E-state index is 13.6. The molecule has 1 heterocycles. The second kappa shape index (κ2) is 7.48. The average molecular weight is 356 g/mol. The number of hydrogen-bond acceptors (Lipinski definition) is 4. The summed E-state index contributed by atoms with van der Waals surface area (Å²) in [5, 5.41) is 9.57. The Bertz CT molecular complexity index is 879. The van der Waals surface area contributed by atoms with Gasteiger partial charge in [-0.3, -0.25) is 9.89 Å². The first-order valence-electron chi connectivity index (χ1n) is 7.74. The monoisotopic (exact) mass is 356 g/mol. The lowest BCUT2D eigenvalue weighted by molar-refractivity contribution is -0.115. The molecule has 0 aliphatic heterocycles. The molecule has 5 nitrogen and oxygen atoms in total. The van der Waals surface area contributed by atoms with Crippen molar-refractivity contribution in [2.45, 2.75) is 24.3 Å². The number of carbonyl (C=O) groups is 1. The van der Waals surface area contributed by atoms with Crippen molar-refractivity contribution in [3.63, 3.8) is 0 Å². The molecular formula is C18H17FN4OS. The lowest BCUT2D eigenvalue weighted by Gasteiger charge is -2.10. The van der Waals surface area contributed by atoms with Gasteiger partial charge in [-0.2, -0.15) is 0 Å². The van der Waals surface area contributed by atoms with Crippen LogP contribution in [0.3, 0.4) is 0 Å². The molecule has 0 fully saturated rings. The number of nitrogens with one attached hydrogen (secondary N) is 2. The van der Waals surface area contributed by atoms with Crippen molar-refractivity contribution < 1.29 is 9.18 Å². The Hall–Kier alpha value is -2.67. The van der Waals surface area contributed by atoms with Crippen LogP contribution in [-0.4, -0.2) is 26.3 Å². The summed E-state index contributed by atoms with van der Waals surface area (Å²) in [6, 6.07) is 14.0. The first-order chi connectivity index (χ1) is 12.0. The van der Waals surface area contributed by atoms with Gasteiger partial charge in [0.1, 0.15) is 5.82 Å². The fourth-order valence-electron chi connectivity index (χ4n) is 2.15. The molecule has 0 radical (unpaired) electrons. The van der Waals surface area contributed by atoms with Gasteiger partial charge in [0.15, 0.2) is 5.82 Å². The van der Waals surface area contributed by atoms with Gasteiger partial charge in [0.2, 0.25) is 11.1 Å². The second-order valence-electron chi connectivity index (χ2n) is 5.56. The molecule has 0 saturated carbocycles. The van der Waals surface area contributed by atoms with E-state index < -0.39 is 11.1 Å². The van der Waals surface area contributed by atoms with Gasteiger partial charge in [0, 0.05) is 5.56 Å². The molecule has 1 unspecified atom stereocenters. The predicted molar refractivity (Wildman–Crippen MR) is 96.9 cm³/mol. The quantitative estimate of drug-likeness (QED) is 0.677. The van der Waals surface area contributed by atoms with Crippen LogP contribution in [-0.2, 0) is 4.79 Å². The molecule has 0 saturated heterocycles. The molecule has 25 heavy (non-hydrogen) atoms. The molecule has 3 rings (SSSR count). The zero-order valence-electron chi connectivity index (χ0n) is 13.8. The summed E-state index contributed by atoms with van der Waals surface area (Å²) in [6.45, 7) is 3.74. The number of halogens is 1. The van der Waals surface area contributed by atoms with Crippen LogP contribution < -0.4 is 5.32 Å². The van der Waals surface area contributed by atoms with Crippen molar-refractivity contribution in [1.82, 2.24) is 15.2 Å². The van der Waals surface area contributed by atoms with Crippen LogP contribution >= 0.6 is 11.8 Å². The summed E-state index contributed by atoms with van der Waals surface area (Å²) in [4.78, 5) is 16.6. The van der Waals surface area contributed by atoms with Crippen LogP contribution in [0.5, 0.6) is 0 Å². The number of H-pyrrole nitrogens is 1. The molecule has 1 atom stereocenters. The van der Waals surface area contributed by atoms with E-state index in [1.165, 1.54) is 23.9 Å². The van der Waals surface area contributed by atoms with Crippen LogP contribution in [0.2, 0.25) is 0 Å². The van der Waals surface area contributed by atoms with E-state index in [1.807, 2.05) is 31.2 Å². The topological polar surface area (TPSA) is 70.7 Å². The van der Waals surface area contributed by atoms with Gasteiger partial charge in [0.25, 0.3) is 0 Å². The number of para-hydroxylation sites is 1. The van der Waals surface area contributed by atoms with Gasteiger partial charge >= 0.3 is 0 Å². The highest BCUT2D eigenvalue weighted by Gasteiger charge is 2.18. The molecule has 0 aliphatic rings. The molecular weight excluding hydrogens is 339 g/mol. The van der Waals surface area contributed by atoms with Crippen molar-refractivity contribution >= 4 is 23.4 Å². The minimum Gasteiger partial charge on any atom is -0.323 e. The zero-order valence-corrected chi connectivity index (χ0v) is 14.6. The molecule has 128 valence electrons. The minimum atomic E-state index is -0.471. The second-order valence-corrected chi connectivity index (χ2v) is 6.87. The predicted octanol–water partition coefficient (Wildman–Crippen LogP) is 4.04. The summed E-state index contributed by atoms with van der Waals surface area (Å²) in [5.74, 6) is -0.131. The van der Waals surface area contributed by atoms with Crippen LogP contribution in [0.4, 0.5) is 10.1 Å². The number of thioether (sulfide) groups is 1. The molecule has 7 heteroatoms. The summed E-state index contributed by atoms with van der Waals surface area (Å²) in [5.41, 5.74) is 2.25. The van der Waals surface area contributed by atoms with E-state index in [4.69, 9.17) is 0 Å². The highest BCUT2D eigenvalue weighted by atomic mass is 32.2. The number of aryl methyl sites for hydroxylation is 1. The fourth-order valence-corrected chi connectivity index (χ4v) is 2.87. The molecule has 1 aromatic heterocycles. The van der Waals surface area contributed by atoms with Gasteiger partial charge in [-0.15, -0.1) is 5.10 Å². The highest BCUT2D eigenvalue weighted by molar-refractivity contribution is 8.00. The van der Waals surface area contributed by atoms with Gasteiger partial charge in [-0.25, -0.2) is 9.37 Å². The third-order valence-electron chi connectivity index (χ3n) is 3.57. The van der Waals surface area contributed by atoms with E-state index in [0.717, 1.165) is 11.1 Å². The Balaban J connectivity index is 1.65. The lowest BCUT2D eigenvalue weighted by Crippen LogP contribution is -2.23. The first-order valence-corrected chi connectivity index (χ1v) is 8.62. The summed E-state index contributed by atoms with van der Waals surface area (Å²) < 4.78 is 13.6. The summed E-state index contributed by atoms with van der Waals surface area (Å²) >= 11 is 1.21. The van der Waals surface area contributed by atoms with Crippen molar-refractivity contribution in [3.8, 4) is 11.4 Å². The van der Waals surface area contributed by atoms with Crippen molar-refractivity contribution in [2.75, 3.05) is 5.32 Å². The van der Waals surface area contributed by atoms with Crippen molar-refractivity contribution in [3.05, 3.63) is 59.9 Å². The molecule has 0 aliphatic carbocycles. The fraction of sp³-hybridized carbons (Fsp3) is 0.167. The largest absolute Gasteiger partial charge is 0.323 e. The minimum absolute atomic E-state index is 0.162. The first kappa shape index (κ1) is 17.2. The van der Waals surface area contributed by atoms with E-state index in [0.29, 0.717) is 11.0 Å². The Morgan fingerprint density at radius 1 is 1.20 bits per heavy atom. The Morgan fingerprint density at radius 2 is 1.92 bits per heavy atom. The number of benzene rings is 2. The molecule has 0 spiro atoms. The summed E-state index contributed by atoms with van der Waals surface area (Å²) in [6.07, 6.45) is 0. The normalized spacial score (nSPS) is 12.0. The maximum absolute atomic E-state index is 13.6. The number of aromatic nitrogens is 3. The molecule has 2 aromatic carbocycles. The Labute approximate surface area is 149 Å². The average Bonchev–Trinajstić information content (AvgIpc) is 3.06. The van der Waals surface area contributed by atoms with E-state index in [-0.39, 0.29) is 11.6 Å². The van der Waals surface area contributed by atoms with Crippen molar-refractivity contribution in [1.29, 1.82) is 0 Å². The number of aromatic amines is 1. The smallest absolute Gasteiger partial charge is 0.237 e. The van der Waals surface area contributed by atoms with Crippen LogP contribution in [0, 0.1) is 12.7 Å². The third kappa shape index (κ3) is 4.24. The number of carbonyl (C=O) groups excluding carboxylic acids is 1. The SMILES string of the molecule is Cc1ccc(-c2nc(SC(C)C(=O)Nc3ccccc3F)n[nH]2)cc1. The maximum Gasteiger partial charge on any atom is 0.237 e. The molecule has 1 amide bonds. The van der Waals surface area contributed by atoms with Gasteiger partial charge in [0.05, 0.1) is 10.9 Å². The van der Waals surface area contributed by atoms with Crippen LogP contribution in [0.15, 0.2) is 53.7 Å². The number of anilines is 1. The van der Waals surface area contributed by atoms with Crippen molar-refractivity contribution in [2.24, 2.45) is 0 Å². The van der Waals surface area contributed by atoms with Gasteiger partial charge in [-0.05, 0) is 26.0 Å². The van der Waals surface area contributed by atoms with E-state index in [9.17, 15) is 9.18 Å². The number of amides is 1. The Kier molecular flexibility index (Phi) is 5.14. The van der Waals surface area contributed by atoms with E-state index in [1.54, 1.807) is 19.1 Å². The number of rotatable bonds is 5. The molecule has 3 aromatic rings. The standard InChI is InChI=1S/C18H17FN4OS/c1-11-7-9-13(10-8-11)16-21-18(23-22-16)25-12(2)17(24)20-15-6-4-3-5-14(15)19/h3-10,12H,1-2H3,(H,20,24)(H,21,22,23). The van der Waals surface area contributed by atoms with Crippen LogP contribution in [0.25, 0.3) is 11.4 Å². The lowest BCUT2D eigenvalue weighted by atomic mass is 10.1. The Morgan fingerprint density at radius 3 is 2.64 bits per heavy atom. The number of nitrogens with zero attached hydrogens (tertiary/aromatic N) is 2. The van der Waals surface area contributed by atoms with E-state index >= 15 is 0 Å². The molecule has 0 bridgehead atoms. The highest BCUT2D eigenvalue weighted by Crippen LogP contribution is 2.24. The summed E-state index contributed by atoms with van der Waals surface area (Å²) in [7, 11) is 0.